The molecule has 0 saturated carbocycles. The quantitative estimate of drug-likeness (QED) is 0.621. The Balaban J connectivity index is 1.48. The maximum Gasteiger partial charge on any atom is 0.321 e. The maximum atomic E-state index is 11.8. The first kappa shape index (κ1) is 19.0. The van der Waals surface area contributed by atoms with Gasteiger partial charge in [0.2, 0.25) is 0 Å². The molecular formula is C22H24N4O3. The van der Waals surface area contributed by atoms with E-state index < -0.39 is 0 Å². The van der Waals surface area contributed by atoms with Crippen molar-refractivity contribution in [3.63, 3.8) is 0 Å². The van der Waals surface area contributed by atoms with Crippen LogP contribution in [0.25, 0.3) is 11.3 Å². The van der Waals surface area contributed by atoms with Crippen LogP contribution in [-0.2, 0) is 11.3 Å². The molecular weight excluding hydrogens is 368 g/mol. The minimum Gasteiger partial charge on any atom is -0.423 e. The molecule has 4 rings (SSSR count). The van der Waals surface area contributed by atoms with Gasteiger partial charge >= 0.3 is 6.03 Å². The Morgan fingerprint density at radius 1 is 1.24 bits per heavy atom. The maximum absolute atomic E-state index is 11.8. The van der Waals surface area contributed by atoms with Crippen molar-refractivity contribution >= 4 is 23.4 Å². The summed E-state index contributed by atoms with van der Waals surface area (Å²) in [6.45, 7) is 6.61. The third kappa shape index (κ3) is 4.25. The molecule has 1 aromatic heterocycles. The first-order valence-corrected chi connectivity index (χ1v) is 9.70. The van der Waals surface area contributed by atoms with Gasteiger partial charge in [0, 0.05) is 36.6 Å². The zero-order valence-electron chi connectivity index (χ0n) is 16.6. The average Bonchev–Trinajstić information content (AvgIpc) is 3.38. The van der Waals surface area contributed by atoms with Crippen molar-refractivity contribution in [3.05, 3.63) is 59.8 Å². The molecule has 2 heterocycles. The number of hydrogen-bond donors (Lipinski definition) is 2. The fraction of sp³-hybridized carbons (Fsp3) is 0.273. The SMILES string of the molecule is CCOCc1ccc(C)c(Nc2ncc(-c3ccc(N4CCNC4=O)cc3)o2)c1. The number of carbonyl (C=O) groups is 1. The van der Waals surface area contributed by atoms with E-state index >= 15 is 0 Å². The van der Waals surface area contributed by atoms with Crippen molar-refractivity contribution in [2.24, 2.45) is 0 Å². The molecule has 1 saturated heterocycles. The Labute approximate surface area is 169 Å². The summed E-state index contributed by atoms with van der Waals surface area (Å²) in [6, 6.07) is 14.2. The molecule has 29 heavy (non-hydrogen) atoms. The van der Waals surface area contributed by atoms with Gasteiger partial charge in [-0.25, -0.2) is 9.78 Å². The van der Waals surface area contributed by atoms with Crippen LogP contribution in [0, 0.1) is 6.92 Å². The largest absolute Gasteiger partial charge is 0.423 e. The average molecular weight is 392 g/mol. The lowest BCUT2D eigenvalue weighted by molar-refractivity contribution is 0.134. The van der Waals surface area contributed by atoms with E-state index in [1.165, 1.54) is 0 Å². The molecule has 1 aliphatic heterocycles. The van der Waals surface area contributed by atoms with Gasteiger partial charge in [0.05, 0.1) is 12.8 Å². The highest BCUT2D eigenvalue weighted by Gasteiger charge is 2.21. The lowest BCUT2D eigenvalue weighted by Gasteiger charge is -2.14. The number of hydrogen-bond acceptors (Lipinski definition) is 5. The van der Waals surface area contributed by atoms with E-state index in [0.29, 0.717) is 38.1 Å². The molecule has 1 fully saturated rings. The number of nitrogens with zero attached hydrogens (tertiary/aromatic N) is 2. The van der Waals surface area contributed by atoms with E-state index in [2.05, 4.69) is 21.7 Å². The summed E-state index contributed by atoms with van der Waals surface area (Å²) in [4.78, 5) is 17.9. The fourth-order valence-electron chi connectivity index (χ4n) is 3.22. The van der Waals surface area contributed by atoms with Crippen LogP contribution in [0.1, 0.15) is 18.1 Å². The second-order valence-corrected chi connectivity index (χ2v) is 6.87. The number of ether oxygens (including phenoxy) is 1. The standard InChI is InChI=1S/C22H24N4O3/c1-3-28-14-16-5-4-15(2)19(12-16)25-21-24-13-20(29-21)17-6-8-18(9-7-17)26-11-10-23-22(26)27/h4-9,12-13H,3,10-11,14H2,1-2H3,(H,23,27)(H,24,25). The first-order valence-electron chi connectivity index (χ1n) is 9.70. The van der Waals surface area contributed by atoms with Crippen LogP contribution in [-0.4, -0.2) is 30.7 Å². The van der Waals surface area contributed by atoms with E-state index in [0.717, 1.165) is 28.1 Å². The van der Waals surface area contributed by atoms with Crippen LogP contribution >= 0.6 is 0 Å². The van der Waals surface area contributed by atoms with E-state index in [1.54, 1.807) is 11.1 Å². The normalized spacial score (nSPS) is 13.6. The number of nitrogens with one attached hydrogen (secondary N) is 2. The Kier molecular flexibility index (Phi) is 5.48. The van der Waals surface area contributed by atoms with E-state index in [4.69, 9.17) is 9.15 Å². The van der Waals surface area contributed by atoms with Crippen LogP contribution in [0.3, 0.4) is 0 Å². The Bertz CT molecular complexity index is 998. The fourth-order valence-corrected chi connectivity index (χ4v) is 3.22. The third-order valence-corrected chi connectivity index (χ3v) is 4.84. The number of aromatic nitrogens is 1. The van der Waals surface area contributed by atoms with Crippen molar-refractivity contribution in [2.75, 3.05) is 29.9 Å². The molecule has 0 spiro atoms. The van der Waals surface area contributed by atoms with Gasteiger partial charge in [0.25, 0.3) is 6.01 Å². The van der Waals surface area contributed by atoms with Crippen LogP contribution in [0.15, 0.2) is 53.1 Å². The van der Waals surface area contributed by atoms with Crippen LogP contribution in [0.4, 0.5) is 22.2 Å². The van der Waals surface area contributed by atoms with Gasteiger partial charge in [-0.15, -0.1) is 0 Å². The Morgan fingerprint density at radius 3 is 2.79 bits per heavy atom. The van der Waals surface area contributed by atoms with Crippen molar-refractivity contribution in [1.82, 2.24) is 10.3 Å². The van der Waals surface area contributed by atoms with Crippen LogP contribution in [0.5, 0.6) is 0 Å². The second-order valence-electron chi connectivity index (χ2n) is 6.87. The molecule has 0 bridgehead atoms. The van der Waals surface area contributed by atoms with Crippen molar-refractivity contribution < 1.29 is 13.9 Å². The summed E-state index contributed by atoms with van der Waals surface area (Å²) < 4.78 is 11.4. The number of anilines is 3. The van der Waals surface area contributed by atoms with E-state index in [9.17, 15) is 4.79 Å². The number of aryl methyl sites for hydroxylation is 1. The Hall–Kier alpha value is -3.32. The summed E-state index contributed by atoms with van der Waals surface area (Å²) in [5, 5.41) is 6.05. The van der Waals surface area contributed by atoms with Gasteiger partial charge in [-0.2, -0.15) is 0 Å². The molecule has 2 aromatic carbocycles. The summed E-state index contributed by atoms with van der Waals surface area (Å²) in [5.41, 5.74) is 4.89. The lowest BCUT2D eigenvalue weighted by atomic mass is 10.1. The van der Waals surface area contributed by atoms with Gasteiger partial charge in [0.15, 0.2) is 5.76 Å². The molecule has 2 N–H and O–H groups in total. The summed E-state index contributed by atoms with van der Waals surface area (Å²) in [7, 11) is 0. The molecule has 3 aromatic rings. The summed E-state index contributed by atoms with van der Waals surface area (Å²) >= 11 is 0. The van der Waals surface area contributed by atoms with Gasteiger partial charge in [-0.3, -0.25) is 4.90 Å². The van der Waals surface area contributed by atoms with E-state index in [1.807, 2.05) is 50.2 Å². The highest BCUT2D eigenvalue weighted by molar-refractivity contribution is 5.94. The first-order chi connectivity index (χ1) is 14.1. The molecule has 150 valence electrons. The minimum absolute atomic E-state index is 0.0640. The summed E-state index contributed by atoms with van der Waals surface area (Å²) in [5.74, 6) is 0.660. The number of urea groups is 1. The monoisotopic (exact) mass is 392 g/mol. The van der Waals surface area contributed by atoms with Gasteiger partial charge in [-0.05, 0) is 55.3 Å². The van der Waals surface area contributed by atoms with Gasteiger partial charge < -0.3 is 19.8 Å². The molecule has 0 atom stereocenters. The van der Waals surface area contributed by atoms with Crippen molar-refractivity contribution in [3.8, 4) is 11.3 Å². The zero-order chi connectivity index (χ0) is 20.2. The number of oxazole rings is 1. The highest BCUT2D eigenvalue weighted by atomic mass is 16.5. The summed E-state index contributed by atoms with van der Waals surface area (Å²) in [6.07, 6.45) is 1.69. The zero-order valence-corrected chi connectivity index (χ0v) is 16.6. The lowest BCUT2D eigenvalue weighted by Crippen LogP contribution is -2.27. The van der Waals surface area contributed by atoms with Crippen molar-refractivity contribution in [1.29, 1.82) is 0 Å². The van der Waals surface area contributed by atoms with E-state index in [-0.39, 0.29) is 6.03 Å². The highest BCUT2D eigenvalue weighted by Crippen LogP contribution is 2.28. The topological polar surface area (TPSA) is 79.6 Å². The number of carbonyl (C=O) groups excluding carboxylic acids is 1. The molecule has 1 aliphatic rings. The molecule has 7 heteroatoms. The molecule has 0 aliphatic carbocycles. The van der Waals surface area contributed by atoms with Gasteiger partial charge in [-0.1, -0.05) is 12.1 Å². The minimum atomic E-state index is -0.0640. The van der Waals surface area contributed by atoms with Crippen LogP contribution < -0.4 is 15.5 Å². The number of amides is 2. The molecule has 0 unspecified atom stereocenters. The van der Waals surface area contributed by atoms with Crippen molar-refractivity contribution in [2.45, 2.75) is 20.5 Å². The second kappa shape index (κ2) is 8.36. The van der Waals surface area contributed by atoms with Crippen LogP contribution in [0.2, 0.25) is 0 Å². The van der Waals surface area contributed by atoms with Gasteiger partial charge in [0.1, 0.15) is 0 Å². The molecule has 2 amide bonds. The third-order valence-electron chi connectivity index (χ3n) is 4.84. The number of rotatable bonds is 7. The predicted molar refractivity (Wildman–Crippen MR) is 112 cm³/mol. The Morgan fingerprint density at radius 2 is 2.07 bits per heavy atom. The smallest absolute Gasteiger partial charge is 0.321 e. The number of benzene rings is 2. The molecule has 0 radical (unpaired) electrons. The predicted octanol–water partition coefficient (Wildman–Crippen LogP) is 4.46. The molecule has 7 nitrogen and oxygen atoms in total.